The third-order valence-corrected chi connectivity index (χ3v) is 7.14. The molecular weight excluding hydrogens is 392 g/mol. The molecule has 1 unspecified atom stereocenters. The zero-order valence-electron chi connectivity index (χ0n) is 15.4. The molecule has 9 nitrogen and oxygen atoms in total. The Kier molecular flexibility index (Phi) is 5.08. The number of amides is 1. The largest absolute Gasteiger partial charge is 0.464 e. The number of carbonyl (C=O) groups excluding carboxylic acids is 2. The highest BCUT2D eigenvalue weighted by atomic mass is 32.2. The zero-order valence-corrected chi connectivity index (χ0v) is 17.0. The highest BCUT2D eigenvalue weighted by Gasteiger charge is 2.32. The average Bonchev–Trinajstić information content (AvgIpc) is 3.22. The SMILES string of the molecule is COC(=O)c1nc(NC(=O)c2c(C)nn(C3CCS(=O)(=O)C3)c2C)sc1C. The third kappa shape index (κ3) is 3.74. The Morgan fingerprint density at radius 2 is 2.00 bits per heavy atom. The molecule has 3 heterocycles. The smallest absolute Gasteiger partial charge is 0.357 e. The number of rotatable bonds is 4. The van der Waals surface area contributed by atoms with Crippen molar-refractivity contribution in [3.8, 4) is 0 Å². The molecule has 2 aromatic rings. The van der Waals surface area contributed by atoms with Crippen LogP contribution in [0.2, 0.25) is 0 Å². The molecule has 2 aromatic heterocycles. The number of carbonyl (C=O) groups is 2. The maximum atomic E-state index is 12.7. The van der Waals surface area contributed by atoms with Gasteiger partial charge in [0.15, 0.2) is 20.7 Å². The summed E-state index contributed by atoms with van der Waals surface area (Å²) in [5.41, 5.74) is 1.66. The van der Waals surface area contributed by atoms with Crippen LogP contribution in [0.5, 0.6) is 0 Å². The summed E-state index contributed by atoms with van der Waals surface area (Å²) in [7, 11) is -1.79. The van der Waals surface area contributed by atoms with E-state index in [0.29, 0.717) is 28.2 Å². The van der Waals surface area contributed by atoms with Crippen molar-refractivity contribution in [1.29, 1.82) is 0 Å². The van der Waals surface area contributed by atoms with Gasteiger partial charge in [0.2, 0.25) is 0 Å². The van der Waals surface area contributed by atoms with Crippen LogP contribution in [-0.4, -0.2) is 53.7 Å². The predicted octanol–water partition coefficient (Wildman–Crippen LogP) is 1.66. The van der Waals surface area contributed by atoms with Crippen molar-refractivity contribution in [2.24, 2.45) is 0 Å². The fourth-order valence-electron chi connectivity index (χ4n) is 3.21. The molecule has 0 spiro atoms. The second-order valence-corrected chi connectivity index (χ2v) is 9.85. The highest BCUT2D eigenvalue weighted by molar-refractivity contribution is 7.91. The van der Waals surface area contributed by atoms with Crippen LogP contribution in [-0.2, 0) is 14.6 Å². The normalized spacial score (nSPS) is 18.4. The maximum Gasteiger partial charge on any atom is 0.357 e. The van der Waals surface area contributed by atoms with Crippen LogP contribution in [0.1, 0.15) is 49.6 Å². The van der Waals surface area contributed by atoms with E-state index in [1.54, 1.807) is 25.5 Å². The summed E-state index contributed by atoms with van der Waals surface area (Å²) in [5, 5.41) is 7.36. The lowest BCUT2D eigenvalue weighted by atomic mass is 10.1. The molecule has 1 saturated heterocycles. The molecule has 1 aliphatic rings. The van der Waals surface area contributed by atoms with E-state index in [1.165, 1.54) is 18.4 Å². The van der Waals surface area contributed by atoms with Crippen LogP contribution in [0.3, 0.4) is 0 Å². The van der Waals surface area contributed by atoms with E-state index in [2.05, 4.69) is 20.1 Å². The second kappa shape index (κ2) is 7.04. The average molecular weight is 412 g/mol. The minimum Gasteiger partial charge on any atom is -0.464 e. The van der Waals surface area contributed by atoms with Crippen molar-refractivity contribution >= 4 is 38.2 Å². The Morgan fingerprint density at radius 3 is 2.59 bits per heavy atom. The fraction of sp³-hybridized carbons (Fsp3) is 0.500. The Bertz CT molecular complexity index is 1020. The number of nitrogens with one attached hydrogen (secondary N) is 1. The summed E-state index contributed by atoms with van der Waals surface area (Å²) >= 11 is 1.17. The number of aryl methyl sites for hydroxylation is 2. The summed E-state index contributed by atoms with van der Waals surface area (Å²) in [5.74, 6) is -0.801. The van der Waals surface area contributed by atoms with Gasteiger partial charge in [-0.25, -0.2) is 18.2 Å². The van der Waals surface area contributed by atoms with Crippen LogP contribution < -0.4 is 5.32 Å². The molecular formula is C16H20N4O5S2. The molecule has 1 amide bonds. The number of ether oxygens (including phenoxy) is 1. The molecule has 27 heavy (non-hydrogen) atoms. The lowest BCUT2D eigenvalue weighted by Gasteiger charge is -2.11. The minimum absolute atomic E-state index is 0.0319. The number of thiazole rings is 1. The Balaban J connectivity index is 1.85. The van der Waals surface area contributed by atoms with Crippen molar-refractivity contribution in [1.82, 2.24) is 14.8 Å². The van der Waals surface area contributed by atoms with Gasteiger partial charge >= 0.3 is 5.97 Å². The first-order valence-electron chi connectivity index (χ1n) is 8.26. The van der Waals surface area contributed by atoms with Crippen molar-refractivity contribution in [3.05, 3.63) is 27.5 Å². The molecule has 1 fully saturated rings. The van der Waals surface area contributed by atoms with E-state index in [9.17, 15) is 18.0 Å². The van der Waals surface area contributed by atoms with E-state index >= 15 is 0 Å². The Hall–Kier alpha value is -2.27. The van der Waals surface area contributed by atoms with Crippen LogP contribution in [0.15, 0.2) is 0 Å². The van der Waals surface area contributed by atoms with Crippen molar-refractivity contribution < 1.29 is 22.7 Å². The summed E-state index contributed by atoms with van der Waals surface area (Å²) in [6.07, 6.45) is 0.486. The summed E-state index contributed by atoms with van der Waals surface area (Å²) in [4.78, 5) is 29.2. The monoisotopic (exact) mass is 412 g/mol. The van der Waals surface area contributed by atoms with Gasteiger partial charge in [0.05, 0.1) is 35.9 Å². The summed E-state index contributed by atoms with van der Waals surface area (Å²) in [6.45, 7) is 5.16. The van der Waals surface area contributed by atoms with Crippen molar-refractivity contribution in [3.63, 3.8) is 0 Å². The third-order valence-electron chi connectivity index (χ3n) is 4.50. The van der Waals surface area contributed by atoms with E-state index in [0.717, 1.165) is 0 Å². The molecule has 0 bridgehead atoms. The van der Waals surface area contributed by atoms with E-state index in [4.69, 9.17) is 0 Å². The van der Waals surface area contributed by atoms with Gasteiger partial charge in [0, 0.05) is 10.6 Å². The van der Waals surface area contributed by atoms with Gasteiger partial charge < -0.3 is 4.74 Å². The van der Waals surface area contributed by atoms with Crippen LogP contribution in [0.25, 0.3) is 0 Å². The first-order valence-corrected chi connectivity index (χ1v) is 10.9. The first-order chi connectivity index (χ1) is 12.6. The lowest BCUT2D eigenvalue weighted by Crippen LogP contribution is -2.16. The number of methoxy groups -OCH3 is 1. The number of anilines is 1. The molecule has 3 rings (SSSR count). The maximum absolute atomic E-state index is 12.7. The topological polar surface area (TPSA) is 120 Å². The Morgan fingerprint density at radius 1 is 1.30 bits per heavy atom. The van der Waals surface area contributed by atoms with Crippen LogP contribution in [0, 0.1) is 20.8 Å². The Labute approximate surface area is 160 Å². The molecule has 0 aliphatic carbocycles. The molecule has 146 valence electrons. The van der Waals surface area contributed by atoms with Gasteiger partial charge in [-0.05, 0) is 27.2 Å². The molecule has 1 N–H and O–H groups in total. The van der Waals surface area contributed by atoms with E-state index in [1.807, 2.05) is 0 Å². The van der Waals surface area contributed by atoms with Crippen LogP contribution in [0.4, 0.5) is 5.13 Å². The van der Waals surface area contributed by atoms with Gasteiger partial charge in [-0.1, -0.05) is 0 Å². The second-order valence-electron chi connectivity index (χ2n) is 6.42. The van der Waals surface area contributed by atoms with Gasteiger partial charge in [-0.2, -0.15) is 5.10 Å². The molecule has 0 radical (unpaired) electrons. The molecule has 0 aromatic carbocycles. The van der Waals surface area contributed by atoms with Crippen molar-refractivity contribution in [2.45, 2.75) is 33.2 Å². The molecule has 0 saturated carbocycles. The van der Waals surface area contributed by atoms with Crippen molar-refractivity contribution in [2.75, 3.05) is 23.9 Å². The van der Waals surface area contributed by atoms with Gasteiger partial charge in [0.1, 0.15) is 0 Å². The summed E-state index contributed by atoms with van der Waals surface area (Å²) < 4.78 is 29.8. The lowest BCUT2D eigenvalue weighted by molar-refractivity contribution is 0.0594. The number of esters is 1. The van der Waals surface area contributed by atoms with Gasteiger partial charge in [-0.3, -0.25) is 14.8 Å². The highest BCUT2D eigenvalue weighted by Crippen LogP contribution is 2.28. The molecule has 1 aliphatic heterocycles. The number of aromatic nitrogens is 3. The van der Waals surface area contributed by atoms with E-state index in [-0.39, 0.29) is 28.4 Å². The van der Waals surface area contributed by atoms with E-state index < -0.39 is 21.7 Å². The summed E-state index contributed by atoms with van der Waals surface area (Å²) in [6, 6.07) is -0.261. The first kappa shape index (κ1) is 19.5. The number of sulfone groups is 1. The number of nitrogens with zero attached hydrogens (tertiary/aromatic N) is 3. The standard InChI is InChI=1S/C16H20N4O5S2/c1-8-12(9(2)20(19-8)11-5-6-27(23,24)7-11)14(21)18-16-17-13(10(3)26-16)15(22)25-4/h11H,5-7H2,1-4H3,(H,17,18,21). The van der Waals surface area contributed by atoms with Gasteiger partial charge in [0.25, 0.3) is 5.91 Å². The zero-order chi connectivity index (χ0) is 19.9. The minimum atomic E-state index is -3.06. The number of hydrogen-bond donors (Lipinski definition) is 1. The molecule has 1 atom stereocenters. The quantitative estimate of drug-likeness (QED) is 0.758. The van der Waals surface area contributed by atoms with Crippen LogP contribution >= 0.6 is 11.3 Å². The predicted molar refractivity (Wildman–Crippen MR) is 100 cm³/mol. The fourth-order valence-corrected chi connectivity index (χ4v) is 5.70. The van der Waals surface area contributed by atoms with Gasteiger partial charge in [-0.15, -0.1) is 11.3 Å². The number of hydrogen-bond acceptors (Lipinski definition) is 8. The molecule has 11 heteroatoms.